The van der Waals surface area contributed by atoms with Gasteiger partial charge in [0.1, 0.15) is 17.2 Å². The van der Waals surface area contributed by atoms with Crippen molar-refractivity contribution >= 4 is 22.7 Å². The number of halogens is 1. The zero-order valence-corrected chi connectivity index (χ0v) is 11.5. The summed E-state index contributed by atoms with van der Waals surface area (Å²) in [5, 5.41) is 4.07. The highest BCUT2D eigenvalue weighted by atomic mass is 32.2. The van der Waals surface area contributed by atoms with Gasteiger partial charge in [-0.2, -0.15) is 11.8 Å². The van der Waals surface area contributed by atoms with E-state index in [1.165, 1.54) is 18.6 Å². The number of rotatable bonds is 6. The summed E-state index contributed by atoms with van der Waals surface area (Å²) in [4.78, 5) is 0. The largest absolute Gasteiger partial charge is 0.459 e. The molecule has 0 fully saturated rings. The summed E-state index contributed by atoms with van der Waals surface area (Å²) in [6, 6.07) is 6.72. The van der Waals surface area contributed by atoms with Crippen LogP contribution in [0, 0.1) is 5.82 Å². The fraction of sp³-hybridized carbons (Fsp3) is 0.429. The molecule has 0 saturated carbocycles. The van der Waals surface area contributed by atoms with Crippen molar-refractivity contribution < 1.29 is 8.81 Å². The highest BCUT2D eigenvalue weighted by molar-refractivity contribution is 7.99. The van der Waals surface area contributed by atoms with Gasteiger partial charge in [0.25, 0.3) is 0 Å². The monoisotopic (exact) mass is 267 g/mol. The molecule has 1 N–H and O–H groups in total. The van der Waals surface area contributed by atoms with Gasteiger partial charge in [0.15, 0.2) is 0 Å². The zero-order chi connectivity index (χ0) is 13.0. The van der Waals surface area contributed by atoms with Crippen molar-refractivity contribution in [3.8, 4) is 0 Å². The first kappa shape index (κ1) is 13.4. The maximum absolute atomic E-state index is 13.1. The minimum Gasteiger partial charge on any atom is -0.459 e. The van der Waals surface area contributed by atoms with E-state index in [0.29, 0.717) is 0 Å². The van der Waals surface area contributed by atoms with Gasteiger partial charge in [0, 0.05) is 11.1 Å². The van der Waals surface area contributed by atoms with Crippen LogP contribution in [0.3, 0.4) is 0 Å². The molecule has 4 heteroatoms. The van der Waals surface area contributed by atoms with Crippen molar-refractivity contribution in [3.63, 3.8) is 0 Å². The van der Waals surface area contributed by atoms with Gasteiger partial charge in [-0.3, -0.25) is 0 Å². The third kappa shape index (κ3) is 3.06. The molecule has 2 nitrogen and oxygen atoms in total. The van der Waals surface area contributed by atoms with Gasteiger partial charge in [-0.15, -0.1) is 0 Å². The van der Waals surface area contributed by atoms with E-state index in [0.717, 1.165) is 28.2 Å². The smallest absolute Gasteiger partial charge is 0.134 e. The average molecular weight is 267 g/mol. The molecule has 1 aromatic heterocycles. The van der Waals surface area contributed by atoms with E-state index >= 15 is 0 Å². The third-order valence-corrected chi connectivity index (χ3v) is 4.09. The third-order valence-electron chi connectivity index (χ3n) is 2.82. The Morgan fingerprint density at radius 1 is 1.39 bits per heavy atom. The van der Waals surface area contributed by atoms with Crippen molar-refractivity contribution in [2.45, 2.75) is 19.4 Å². The van der Waals surface area contributed by atoms with Crippen LogP contribution in [0.1, 0.15) is 25.1 Å². The average Bonchev–Trinajstić information content (AvgIpc) is 2.77. The predicted octanol–water partition coefficient (Wildman–Crippen LogP) is 3.98. The lowest BCUT2D eigenvalue weighted by Gasteiger charge is -2.12. The van der Waals surface area contributed by atoms with Crippen molar-refractivity contribution in [1.29, 1.82) is 0 Å². The molecule has 0 spiro atoms. The summed E-state index contributed by atoms with van der Waals surface area (Å²) in [5.74, 6) is 2.76. The van der Waals surface area contributed by atoms with Crippen molar-refractivity contribution in [3.05, 3.63) is 35.8 Å². The molecule has 0 aliphatic rings. The van der Waals surface area contributed by atoms with Crippen LogP contribution >= 0.6 is 11.8 Å². The topological polar surface area (TPSA) is 25.2 Å². The molecule has 2 rings (SSSR count). The highest BCUT2D eigenvalue weighted by Crippen LogP contribution is 2.26. The first-order chi connectivity index (χ1) is 8.74. The minimum absolute atomic E-state index is 0.178. The molecule has 0 bridgehead atoms. The number of hydrogen-bond acceptors (Lipinski definition) is 3. The van der Waals surface area contributed by atoms with Gasteiger partial charge in [-0.25, -0.2) is 4.39 Å². The Bertz CT molecular complexity index is 511. The molecular weight excluding hydrogens is 249 g/mol. The molecule has 98 valence electrons. The lowest BCUT2D eigenvalue weighted by atomic mass is 10.2. The van der Waals surface area contributed by atoms with Crippen LogP contribution in [-0.4, -0.2) is 18.6 Å². The van der Waals surface area contributed by atoms with Crippen molar-refractivity contribution in [1.82, 2.24) is 5.32 Å². The zero-order valence-electron chi connectivity index (χ0n) is 10.7. The van der Waals surface area contributed by atoms with Crippen molar-refractivity contribution in [2.75, 3.05) is 18.6 Å². The van der Waals surface area contributed by atoms with Gasteiger partial charge < -0.3 is 9.73 Å². The second kappa shape index (κ2) is 6.25. The first-order valence-electron chi connectivity index (χ1n) is 6.18. The standard InChI is InChI=1S/C14H18FNOS/c1-3-6-18-9-12(16-2)14-8-10-7-11(15)4-5-13(10)17-14/h4-5,7-8,12,16H,3,6,9H2,1-2H3. The molecule has 0 saturated heterocycles. The van der Waals surface area contributed by atoms with E-state index in [2.05, 4.69) is 12.2 Å². The molecule has 2 aromatic rings. The van der Waals surface area contributed by atoms with E-state index in [-0.39, 0.29) is 11.9 Å². The molecule has 18 heavy (non-hydrogen) atoms. The Balaban J connectivity index is 2.17. The molecule has 1 unspecified atom stereocenters. The van der Waals surface area contributed by atoms with Gasteiger partial charge in [-0.05, 0) is 43.5 Å². The summed E-state index contributed by atoms with van der Waals surface area (Å²) >= 11 is 1.90. The summed E-state index contributed by atoms with van der Waals surface area (Å²) in [7, 11) is 1.92. The van der Waals surface area contributed by atoms with Crippen LogP contribution in [-0.2, 0) is 0 Å². The second-order valence-electron chi connectivity index (χ2n) is 4.25. The summed E-state index contributed by atoms with van der Waals surface area (Å²) < 4.78 is 18.9. The fourth-order valence-electron chi connectivity index (χ4n) is 1.86. The molecule has 1 heterocycles. The number of thioether (sulfide) groups is 1. The van der Waals surface area contributed by atoms with Crippen LogP contribution < -0.4 is 5.32 Å². The second-order valence-corrected chi connectivity index (χ2v) is 5.40. The molecular formula is C14H18FNOS. The molecule has 0 amide bonds. The summed E-state index contributed by atoms with van der Waals surface area (Å²) in [5.41, 5.74) is 0.743. The minimum atomic E-state index is -0.226. The number of hydrogen-bond donors (Lipinski definition) is 1. The number of fused-ring (bicyclic) bond motifs is 1. The Morgan fingerprint density at radius 3 is 2.94 bits per heavy atom. The van der Waals surface area contributed by atoms with E-state index in [1.807, 2.05) is 24.9 Å². The summed E-state index contributed by atoms with van der Waals surface area (Å²) in [6.45, 7) is 2.17. The fourth-order valence-corrected chi connectivity index (χ4v) is 2.88. The van der Waals surface area contributed by atoms with Crippen LogP contribution in [0.4, 0.5) is 4.39 Å². The van der Waals surface area contributed by atoms with E-state index < -0.39 is 0 Å². The molecule has 0 aliphatic carbocycles. The van der Waals surface area contributed by atoms with Crippen molar-refractivity contribution in [2.24, 2.45) is 0 Å². The Labute approximate surface area is 111 Å². The van der Waals surface area contributed by atoms with Crippen LogP contribution in [0.25, 0.3) is 11.0 Å². The molecule has 0 radical (unpaired) electrons. The van der Waals surface area contributed by atoms with Crippen LogP contribution in [0.15, 0.2) is 28.7 Å². The normalized spacial score (nSPS) is 13.1. The van der Waals surface area contributed by atoms with Crippen LogP contribution in [0.2, 0.25) is 0 Å². The van der Waals surface area contributed by atoms with Crippen LogP contribution in [0.5, 0.6) is 0 Å². The maximum atomic E-state index is 13.1. The van der Waals surface area contributed by atoms with E-state index in [4.69, 9.17) is 4.42 Å². The molecule has 1 aromatic carbocycles. The SMILES string of the molecule is CCCSCC(NC)c1cc2cc(F)ccc2o1. The summed E-state index contributed by atoms with van der Waals surface area (Å²) in [6.07, 6.45) is 1.17. The van der Waals surface area contributed by atoms with E-state index in [9.17, 15) is 4.39 Å². The van der Waals surface area contributed by atoms with E-state index in [1.54, 1.807) is 6.07 Å². The Hall–Kier alpha value is -1.00. The Kier molecular flexibility index (Phi) is 4.66. The lowest BCUT2D eigenvalue weighted by molar-refractivity contribution is 0.479. The maximum Gasteiger partial charge on any atom is 0.134 e. The van der Waals surface area contributed by atoms with Gasteiger partial charge in [-0.1, -0.05) is 6.92 Å². The molecule has 1 atom stereocenters. The Morgan fingerprint density at radius 2 is 2.22 bits per heavy atom. The number of furan rings is 1. The van der Waals surface area contributed by atoms with Gasteiger partial charge in [0.2, 0.25) is 0 Å². The molecule has 0 aliphatic heterocycles. The highest BCUT2D eigenvalue weighted by Gasteiger charge is 2.14. The lowest BCUT2D eigenvalue weighted by Crippen LogP contribution is -2.18. The number of nitrogens with one attached hydrogen (secondary N) is 1. The number of benzene rings is 1. The van der Waals surface area contributed by atoms with Gasteiger partial charge >= 0.3 is 0 Å². The first-order valence-corrected chi connectivity index (χ1v) is 7.34. The quantitative estimate of drug-likeness (QED) is 0.802. The predicted molar refractivity (Wildman–Crippen MR) is 75.6 cm³/mol. The van der Waals surface area contributed by atoms with Gasteiger partial charge in [0.05, 0.1) is 6.04 Å².